The van der Waals surface area contributed by atoms with Crippen molar-refractivity contribution < 1.29 is 30.0 Å². The molecule has 10 nitrogen and oxygen atoms in total. The van der Waals surface area contributed by atoms with E-state index in [1.807, 2.05) is 13.8 Å². The number of hydrogen-bond acceptors (Lipinski definition) is 8. The van der Waals surface area contributed by atoms with E-state index >= 15 is 0 Å². The number of carboxylic acids is 2. The van der Waals surface area contributed by atoms with Crippen LogP contribution in [0.4, 0.5) is 0 Å². The summed E-state index contributed by atoms with van der Waals surface area (Å²) in [4.78, 5) is 23.3. The van der Waals surface area contributed by atoms with Crippen LogP contribution in [0.15, 0.2) is 22.3 Å². The zero-order valence-corrected chi connectivity index (χ0v) is 29.8. The van der Waals surface area contributed by atoms with Crippen LogP contribution < -0.4 is 21.3 Å². The fourth-order valence-electron chi connectivity index (χ4n) is 10.00. The summed E-state index contributed by atoms with van der Waals surface area (Å²) >= 11 is 0. The molecule has 0 spiro atoms. The lowest BCUT2D eigenvalue weighted by molar-refractivity contribution is -0.138. The molecule has 8 N–H and O–H groups in total. The van der Waals surface area contributed by atoms with E-state index in [2.05, 4.69) is 49.0 Å². The molecule has 0 saturated carbocycles. The van der Waals surface area contributed by atoms with Crippen molar-refractivity contribution in [2.24, 2.45) is 23.7 Å². The zero-order valence-electron chi connectivity index (χ0n) is 28.2. The predicted octanol–water partition coefficient (Wildman–Crippen LogP) is 3.39. The number of nitrogens with one attached hydrogen (secondary N) is 4. The molecule has 0 amide bonds. The summed E-state index contributed by atoms with van der Waals surface area (Å²) in [6.45, 7) is 12.5. The van der Waals surface area contributed by atoms with E-state index in [1.165, 1.54) is 16.7 Å². The molecule has 5 heterocycles. The van der Waals surface area contributed by atoms with Crippen molar-refractivity contribution in [3.63, 3.8) is 0 Å². The van der Waals surface area contributed by atoms with Gasteiger partial charge in [-0.1, -0.05) is 30.6 Å². The molecule has 0 aromatic carbocycles. The number of carbonyl (C=O) groups is 2. The van der Waals surface area contributed by atoms with Crippen molar-refractivity contribution >= 4 is 36.8 Å². The number of hydrogen-bond donors (Lipinski definition) is 8. The van der Waals surface area contributed by atoms with Gasteiger partial charge in [0.15, 0.2) is 0 Å². The summed E-state index contributed by atoms with van der Waals surface area (Å²) in [6, 6.07) is 0.774. The Morgan fingerprint density at radius 1 is 0.717 bits per heavy atom. The van der Waals surface area contributed by atoms with Gasteiger partial charge in [0, 0.05) is 67.1 Å². The molecule has 5 rings (SSSR count). The molecule has 5 aliphatic heterocycles. The first-order valence-corrected chi connectivity index (χ1v) is 17.0. The van der Waals surface area contributed by atoms with Gasteiger partial charge < -0.3 is 41.7 Å². The van der Waals surface area contributed by atoms with Gasteiger partial charge >= 0.3 is 11.9 Å². The second-order valence-corrected chi connectivity index (χ2v) is 14.8. The molecule has 12 heteroatoms. The molecule has 46 heavy (non-hydrogen) atoms. The highest BCUT2D eigenvalue weighted by molar-refractivity contribution is 5.85. The average molecular weight is 690 g/mol. The molecular weight excluding hydrogens is 631 g/mol. The Kier molecular flexibility index (Phi) is 13.6. The molecule has 3 saturated heterocycles. The van der Waals surface area contributed by atoms with Crippen molar-refractivity contribution in [3.8, 4) is 0 Å². The Bertz CT molecular complexity index is 1160. The van der Waals surface area contributed by atoms with Crippen LogP contribution in [0.3, 0.4) is 0 Å². The van der Waals surface area contributed by atoms with E-state index in [-0.39, 0.29) is 110 Å². The number of aliphatic hydroxyl groups is 2. The van der Waals surface area contributed by atoms with Crippen molar-refractivity contribution in [1.29, 1.82) is 0 Å². The fraction of sp³-hybridized carbons (Fsp3) is 0.824. The van der Waals surface area contributed by atoms with Crippen molar-refractivity contribution in [2.45, 2.75) is 153 Å². The average Bonchev–Trinajstić information content (AvgIpc) is 3.59. The smallest absolute Gasteiger partial charge is 0.303 e. The van der Waals surface area contributed by atoms with Gasteiger partial charge in [-0.3, -0.25) is 9.59 Å². The molecule has 0 aromatic heterocycles. The van der Waals surface area contributed by atoms with Crippen LogP contribution in [0, 0.1) is 23.7 Å². The van der Waals surface area contributed by atoms with Gasteiger partial charge in [-0.2, -0.15) is 0 Å². The van der Waals surface area contributed by atoms with Gasteiger partial charge in [-0.15, -0.1) is 24.8 Å². The highest BCUT2D eigenvalue weighted by Crippen LogP contribution is 2.42. The van der Waals surface area contributed by atoms with Gasteiger partial charge in [-0.05, 0) is 89.5 Å². The third-order valence-electron chi connectivity index (χ3n) is 12.3. The minimum atomic E-state index is -0.800. The van der Waals surface area contributed by atoms with E-state index in [0.717, 1.165) is 31.3 Å². The van der Waals surface area contributed by atoms with Crippen LogP contribution in [0.5, 0.6) is 0 Å². The molecule has 3 fully saturated rings. The van der Waals surface area contributed by atoms with Gasteiger partial charge in [0.2, 0.25) is 0 Å². The Morgan fingerprint density at radius 2 is 1.24 bits per heavy atom. The number of fused-ring (bicyclic) bond motifs is 8. The molecular formula is C34H58Cl2N4O6. The topological polar surface area (TPSA) is 163 Å². The Hall–Kier alpha value is -1.24. The van der Waals surface area contributed by atoms with Crippen LogP contribution in [0.1, 0.15) is 92.9 Å². The summed E-state index contributed by atoms with van der Waals surface area (Å²) in [6.07, 6.45) is 3.54. The molecule has 14 atom stereocenters. The predicted molar refractivity (Wildman–Crippen MR) is 184 cm³/mol. The second kappa shape index (κ2) is 16.0. The molecule has 0 radical (unpaired) electrons. The first-order valence-electron chi connectivity index (χ1n) is 17.0. The lowest BCUT2D eigenvalue weighted by Gasteiger charge is -2.29. The molecule has 5 aliphatic rings. The van der Waals surface area contributed by atoms with Gasteiger partial charge in [-0.25, -0.2) is 0 Å². The van der Waals surface area contributed by atoms with Gasteiger partial charge in [0.05, 0.1) is 12.2 Å². The largest absolute Gasteiger partial charge is 0.481 e. The molecule has 0 aromatic rings. The van der Waals surface area contributed by atoms with Crippen LogP contribution in [0.2, 0.25) is 0 Å². The SMILES string of the molecule is CC1=C(CCC(=O)O)C2CC3NC(CC4NC(CC5NC(CC1N2)C(C)C5C(C)O)C(C)=C4C(C)O)C(C)C3CCC(=O)O.Cl.Cl. The first-order chi connectivity index (χ1) is 20.8. The van der Waals surface area contributed by atoms with Crippen LogP contribution >= 0.6 is 24.8 Å². The van der Waals surface area contributed by atoms with E-state index in [9.17, 15) is 30.0 Å². The lowest BCUT2D eigenvalue weighted by Crippen LogP contribution is -2.46. The van der Waals surface area contributed by atoms with E-state index in [4.69, 9.17) is 0 Å². The zero-order chi connectivity index (χ0) is 32.0. The summed E-state index contributed by atoms with van der Waals surface area (Å²) < 4.78 is 0. The Morgan fingerprint density at radius 3 is 1.85 bits per heavy atom. The maximum absolute atomic E-state index is 11.7. The summed E-state index contributed by atoms with van der Waals surface area (Å²) in [5, 5.41) is 56.7. The Balaban J connectivity index is 0.00000288. The number of halogens is 2. The maximum atomic E-state index is 11.7. The van der Waals surface area contributed by atoms with Crippen LogP contribution in [-0.2, 0) is 9.59 Å². The molecule has 264 valence electrons. The monoisotopic (exact) mass is 688 g/mol. The van der Waals surface area contributed by atoms with Crippen molar-refractivity contribution in [2.75, 3.05) is 0 Å². The van der Waals surface area contributed by atoms with E-state index in [0.29, 0.717) is 12.8 Å². The third kappa shape index (κ3) is 7.96. The van der Waals surface area contributed by atoms with Crippen LogP contribution in [-0.4, -0.2) is 92.9 Å². The number of aliphatic carboxylic acids is 2. The minimum absolute atomic E-state index is 0. The van der Waals surface area contributed by atoms with Crippen LogP contribution in [0.25, 0.3) is 0 Å². The van der Waals surface area contributed by atoms with Crippen molar-refractivity contribution in [3.05, 3.63) is 22.3 Å². The van der Waals surface area contributed by atoms with Gasteiger partial charge in [0.25, 0.3) is 0 Å². The summed E-state index contributed by atoms with van der Waals surface area (Å²) in [5.74, 6) is -0.809. The minimum Gasteiger partial charge on any atom is -0.481 e. The molecule has 14 unspecified atom stereocenters. The molecule has 0 aliphatic carbocycles. The quantitative estimate of drug-likeness (QED) is 0.177. The van der Waals surface area contributed by atoms with E-state index in [1.54, 1.807) is 0 Å². The number of carboxylic acid groups (broad SMARTS) is 2. The Labute approximate surface area is 286 Å². The van der Waals surface area contributed by atoms with E-state index < -0.39 is 24.1 Å². The summed E-state index contributed by atoms with van der Waals surface area (Å²) in [5.41, 5.74) is 4.67. The summed E-state index contributed by atoms with van der Waals surface area (Å²) in [7, 11) is 0. The molecule has 8 bridgehead atoms. The number of rotatable bonds is 8. The van der Waals surface area contributed by atoms with Gasteiger partial charge in [0.1, 0.15) is 0 Å². The van der Waals surface area contributed by atoms with Crippen molar-refractivity contribution in [1.82, 2.24) is 21.3 Å². The highest BCUT2D eigenvalue weighted by atomic mass is 35.5. The second-order valence-electron chi connectivity index (χ2n) is 14.8. The number of aliphatic hydroxyl groups excluding tert-OH is 2. The lowest BCUT2D eigenvalue weighted by atomic mass is 9.80. The highest BCUT2D eigenvalue weighted by Gasteiger charge is 2.49. The third-order valence-corrected chi connectivity index (χ3v) is 12.3. The fourth-order valence-corrected chi connectivity index (χ4v) is 10.00. The standard InChI is InChI=1S/C34H56N4O6.2ClH/c1-15-21(7-9-31(41)42)27-14-28-22(8-10-32(43)44)16(2)24(36-28)12-29-34(20(6)40)18(4)26(38-29)13-30-33(19(5)39)17(3)25(37-30)11-23(15)35-27;;/h16-17,19-20,22-30,33,35-40H,7-14H2,1-6H3,(H,41,42)(H,43,44);2*1H. The first kappa shape index (κ1) is 39.2. The normalized spacial score (nSPS) is 40.3. The maximum Gasteiger partial charge on any atom is 0.303 e.